The first-order chi connectivity index (χ1) is 10.0. The highest BCUT2D eigenvalue weighted by atomic mass is 79.9. The van der Waals surface area contributed by atoms with Gasteiger partial charge in [-0.1, -0.05) is 15.9 Å². The van der Waals surface area contributed by atoms with Crippen molar-refractivity contribution < 1.29 is 24.5 Å². The van der Waals surface area contributed by atoms with Crippen LogP contribution < -0.4 is 5.32 Å². The highest BCUT2D eigenvalue weighted by Gasteiger charge is 2.24. The average Bonchev–Trinajstić information content (AvgIpc) is 2.48. The molecule has 0 saturated carbocycles. The molecule has 1 atom stereocenters. The standard InChI is InChI=1S/C13H15BrN2O5/c14-8-1-2-11(10(5-8)12(18)19)15-13(20)16-3-4-21-9(6-16)7-17/h1-2,5,9,17H,3-4,6-7H2,(H,15,20)(H,18,19). The van der Waals surface area contributed by atoms with Crippen LogP contribution in [0, 0.1) is 0 Å². The summed E-state index contributed by atoms with van der Waals surface area (Å²) < 4.78 is 5.88. The van der Waals surface area contributed by atoms with Gasteiger partial charge in [0.25, 0.3) is 0 Å². The van der Waals surface area contributed by atoms with Gasteiger partial charge in [0.2, 0.25) is 0 Å². The quantitative estimate of drug-likeness (QED) is 0.757. The van der Waals surface area contributed by atoms with Gasteiger partial charge in [-0.3, -0.25) is 0 Å². The van der Waals surface area contributed by atoms with Crippen molar-refractivity contribution in [2.45, 2.75) is 6.10 Å². The van der Waals surface area contributed by atoms with Crippen LogP contribution in [0.25, 0.3) is 0 Å². The molecule has 21 heavy (non-hydrogen) atoms. The number of carbonyl (C=O) groups excluding carboxylic acids is 1. The highest BCUT2D eigenvalue weighted by Crippen LogP contribution is 2.21. The van der Waals surface area contributed by atoms with Gasteiger partial charge in [-0.05, 0) is 18.2 Å². The number of aromatic carboxylic acids is 1. The Morgan fingerprint density at radius 3 is 2.90 bits per heavy atom. The molecule has 0 radical (unpaired) electrons. The number of halogens is 1. The van der Waals surface area contributed by atoms with Crippen molar-refractivity contribution in [3.8, 4) is 0 Å². The summed E-state index contributed by atoms with van der Waals surface area (Å²) in [6.45, 7) is 0.829. The molecule has 1 saturated heterocycles. The van der Waals surface area contributed by atoms with Crippen molar-refractivity contribution in [3.63, 3.8) is 0 Å². The summed E-state index contributed by atoms with van der Waals surface area (Å²) in [5, 5.41) is 20.8. The van der Waals surface area contributed by atoms with E-state index in [2.05, 4.69) is 21.2 Å². The molecule has 0 spiro atoms. The third-order valence-electron chi connectivity index (χ3n) is 3.08. The molecule has 1 heterocycles. The van der Waals surface area contributed by atoms with E-state index in [4.69, 9.17) is 14.9 Å². The predicted molar refractivity (Wildman–Crippen MR) is 78.5 cm³/mol. The Hall–Kier alpha value is -1.64. The Morgan fingerprint density at radius 2 is 2.24 bits per heavy atom. The number of morpholine rings is 1. The monoisotopic (exact) mass is 358 g/mol. The number of aliphatic hydroxyl groups is 1. The molecule has 1 aliphatic rings. The average molecular weight is 359 g/mol. The van der Waals surface area contributed by atoms with Crippen molar-refractivity contribution in [1.29, 1.82) is 0 Å². The number of carbonyl (C=O) groups is 2. The number of carboxylic acids is 1. The van der Waals surface area contributed by atoms with Crippen LogP contribution in [0.15, 0.2) is 22.7 Å². The number of anilines is 1. The molecule has 114 valence electrons. The van der Waals surface area contributed by atoms with Crippen LogP contribution >= 0.6 is 15.9 Å². The summed E-state index contributed by atoms with van der Waals surface area (Å²) >= 11 is 3.19. The molecule has 1 aromatic rings. The Morgan fingerprint density at radius 1 is 1.48 bits per heavy atom. The second kappa shape index (κ2) is 6.88. The number of rotatable bonds is 3. The van der Waals surface area contributed by atoms with Gasteiger partial charge >= 0.3 is 12.0 Å². The molecule has 1 unspecified atom stereocenters. The Kier molecular flexibility index (Phi) is 5.16. The number of hydrogen-bond acceptors (Lipinski definition) is 4. The van der Waals surface area contributed by atoms with Crippen molar-refractivity contribution in [1.82, 2.24) is 4.90 Å². The number of amides is 2. The maximum atomic E-state index is 12.2. The van der Waals surface area contributed by atoms with Gasteiger partial charge in [-0.15, -0.1) is 0 Å². The molecule has 7 nitrogen and oxygen atoms in total. The zero-order valence-electron chi connectivity index (χ0n) is 11.1. The number of ether oxygens (including phenoxy) is 1. The van der Waals surface area contributed by atoms with Gasteiger partial charge in [-0.2, -0.15) is 0 Å². The molecule has 1 aromatic carbocycles. The van der Waals surface area contributed by atoms with Crippen molar-refractivity contribution in [3.05, 3.63) is 28.2 Å². The fraction of sp³-hybridized carbons (Fsp3) is 0.385. The van der Waals surface area contributed by atoms with E-state index in [0.717, 1.165) is 0 Å². The molecule has 8 heteroatoms. The molecule has 2 amide bonds. The lowest BCUT2D eigenvalue weighted by Crippen LogP contribution is -2.48. The third-order valence-corrected chi connectivity index (χ3v) is 3.58. The van der Waals surface area contributed by atoms with Crippen LogP contribution in [-0.4, -0.2) is 59.5 Å². The number of aliphatic hydroxyl groups excluding tert-OH is 1. The summed E-state index contributed by atoms with van der Waals surface area (Å²) in [6, 6.07) is 4.18. The van der Waals surface area contributed by atoms with Crippen LogP contribution in [0.5, 0.6) is 0 Å². The van der Waals surface area contributed by atoms with Crippen LogP contribution in [-0.2, 0) is 4.74 Å². The van der Waals surface area contributed by atoms with E-state index in [0.29, 0.717) is 17.6 Å². The van der Waals surface area contributed by atoms with E-state index in [-0.39, 0.29) is 24.4 Å². The van der Waals surface area contributed by atoms with E-state index >= 15 is 0 Å². The second-order valence-electron chi connectivity index (χ2n) is 4.55. The molecule has 0 aliphatic carbocycles. The molecule has 1 fully saturated rings. The maximum Gasteiger partial charge on any atom is 0.337 e. The highest BCUT2D eigenvalue weighted by molar-refractivity contribution is 9.10. The zero-order chi connectivity index (χ0) is 15.4. The summed E-state index contributed by atoms with van der Waals surface area (Å²) in [6.07, 6.45) is -0.409. The lowest BCUT2D eigenvalue weighted by Gasteiger charge is -2.32. The van der Waals surface area contributed by atoms with Gasteiger partial charge in [0, 0.05) is 11.0 Å². The molecule has 0 bridgehead atoms. The minimum absolute atomic E-state index is 0.00435. The zero-order valence-corrected chi connectivity index (χ0v) is 12.7. The van der Waals surface area contributed by atoms with E-state index < -0.39 is 18.1 Å². The fourth-order valence-electron chi connectivity index (χ4n) is 2.01. The van der Waals surface area contributed by atoms with Gasteiger partial charge in [0.15, 0.2) is 0 Å². The van der Waals surface area contributed by atoms with Crippen LogP contribution in [0.4, 0.5) is 10.5 Å². The first-order valence-corrected chi connectivity index (χ1v) is 7.12. The minimum atomic E-state index is -1.12. The van der Waals surface area contributed by atoms with Crippen LogP contribution in [0.1, 0.15) is 10.4 Å². The Balaban J connectivity index is 2.11. The van der Waals surface area contributed by atoms with E-state index in [1.807, 2.05) is 0 Å². The minimum Gasteiger partial charge on any atom is -0.478 e. The summed E-state index contributed by atoms with van der Waals surface area (Å²) in [5.41, 5.74) is 0.229. The topological polar surface area (TPSA) is 99.1 Å². The number of hydrogen-bond donors (Lipinski definition) is 3. The van der Waals surface area contributed by atoms with Crippen molar-refractivity contribution in [2.75, 3.05) is 31.6 Å². The van der Waals surface area contributed by atoms with Crippen LogP contribution in [0.3, 0.4) is 0 Å². The van der Waals surface area contributed by atoms with E-state index in [1.54, 1.807) is 6.07 Å². The largest absolute Gasteiger partial charge is 0.478 e. The number of carboxylic acid groups (broad SMARTS) is 1. The molecule has 0 aromatic heterocycles. The third kappa shape index (κ3) is 3.93. The fourth-order valence-corrected chi connectivity index (χ4v) is 2.37. The summed E-state index contributed by atoms with van der Waals surface area (Å²) in [7, 11) is 0. The summed E-state index contributed by atoms with van der Waals surface area (Å²) in [5.74, 6) is -1.12. The van der Waals surface area contributed by atoms with Crippen molar-refractivity contribution >= 4 is 33.6 Å². The van der Waals surface area contributed by atoms with Gasteiger partial charge < -0.3 is 25.2 Å². The molecule has 1 aliphatic heterocycles. The smallest absolute Gasteiger partial charge is 0.337 e. The Bertz CT molecular complexity index is 551. The SMILES string of the molecule is O=C(O)c1cc(Br)ccc1NC(=O)N1CCOC(CO)C1. The molecular weight excluding hydrogens is 344 g/mol. The second-order valence-corrected chi connectivity index (χ2v) is 5.46. The van der Waals surface area contributed by atoms with Gasteiger partial charge in [0.05, 0.1) is 37.1 Å². The first-order valence-electron chi connectivity index (χ1n) is 6.32. The van der Waals surface area contributed by atoms with E-state index in [1.165, 1.54) is 17.0 Å². The van der Waals surface area contributed by atoms with Crippen molar-refractivity contribution in [2.24, 2.45) is 0 Å². The normalized spacial score (nSPS) is 18.4. The lowest BCUT2D eigenvalue weighted by atomic mass is 10.2. The first kappa shape index (κ1) is 15.7. The maximum absolute atomic E-state index is 12.2. The number of nitrogens with one attached hydrogen (secondary N) is 1. The number of nitrogens with zero attached hydrogens (tertiary/aromatic N) is 1. The molecular formula is C13H15BrN2O5. The van der Waals surface area contributed by atoms with Gasteiger partial charge in [-0.25, -0.2) is 9.59 Å². The number of benzene rings is 1. The predicted octanol–water partition coefficient (Wildman–Crippen LogP) is 1.37. The Labute approximate surface area is 129 Å². The number of urea groups is 1. The molecule has 2 rings (SSSR count). The van der Waals surface area contributed by atoms with Gasteiger partial charge in [0.1, 0.15) is 0 Å². The van der Waals surface area contributed by atoms with Crippen LogP contribution in [0.2, 0.25) is 0 Å². The lowest BCUT2D eigenvalue weighted by molar-refractivity contribution is -0.0388. The molecule has 3 N–H and O–H groups in total. The van der Waals surface area contributed by atoms with E-state index in [9.17, 15) is 9.59 Å². The summed E-state index contributed by atoms with van der Waals surface area (Å²) in [4.78, 5) is 24.8.